The third kappa shape index (κ3) is 3.73. The summed E-state index contributed by atoms with van der Waals surface area (Å²) in [5.74, 6) is -0.00995. The second kappa shape index (κ2) is 6.59. The summed E-state index contributed by atoms with van der Waals surface area (Å²) in [7, 11) is 0. The monoisotopic (exact) mass is 373 g/mol. The van der Waals surface area contributed by atoms with Crippen LogP contribution in [-0.2, 0) is 12.7 Å². The molecular weight excluding hydrogens is 359 g/mol. The lowest BCUT2D eigenvalue weighted by atomic mass is 10.2. The molecule has 1 aromatic carbocycles. The van der Waals surface area contributed by atoms with E-state index >= 15 is 0 Å². The fraction of sp³-hybridized carbons (Fsp3) is 0.375. The molecule has 2 aromatic rings. The molecule has 1 amide bonds. The Labute approximate surface area is 146 Å². The number of fused-ring (bicyclic) bond motifs is 1. The summed E-state index contributed by atoms with van der Waals surface area (Å²) in [6, 6.07) is 5.80. The van der Waals surface area contributed by atoms with E-state index in [1.807, 2.05) is 12.0 Å². The van der Waals surface area contributed by atoms with Gasteiger partial charge in [0.25, 0.3) is 5.91 Å². The zero-order valence-corrected chi connectivity index (χ0v) is 14.0. The topological polar surface area (TPSA) is 58.2 Å². The Morgan fingerprint density at radius 1 is 1.44 bits per heavy atom. The molecule has 0 spiro atoms. The molecule has 0 aliphatic carbocycles. The smallest absolute Gasteiger partial charge is 0.432 e. The number of amides is 1. The van der Waals surface area contributed by atoms with Crippen molar-refractivity contribution in [3.8, 4) is 5.75 Å². The zero-order valence-electron chi connectivity index (χ0n) is 13.2. The molecule has 25 heavy (non-hydrogen) atoms. The van der Waals surface area contributed by atoms with Gasteiger partial charge in [0.05, 0.1) is 6.54 Å². The molecule has 1 N–H and O–H groups in total. The molecule has 0 bridgehead atoms. The summed E-state index contributed by atoms with van der Waals surface area (Å²) in [4.78, 5) is 14.1. The van der Waals surface area contributed by atoms with Gasteiger partial charge >= 0.3 is 6.18 Å². The van der Waals surface area contributed by atoms with Gasteiger partial charge in [0.15, 0.2) is 5.69 Å². The fourth-order valence-electron chi connectivity index (χ4n) is 2.61. The number of aromatic amines is 1. The molecule has 5 nitrogen and oxygen atoms in total. The first-order valence-electron chi connectivity index (χ1n) is 7.65. The van der Waals surface area contributed by atoms with Crippen LogP contribution in [0, 0.1) is 0 Å². The van der Waals surface area contributed by atoms with Gasteiger partial charge in [-0.25, -0.2) is 0 Å². The maximum Gasteiger partial charge on any atom is 0.432 e. The Balaban J connectivity index is 1.89. The van der Waals surface area contributed by atoms with Crippen LogP contribution < -0.4 is 4.74 Å². The number of nitrogens with zero attached hydrogens (tertiary/aromatic N) is 2. The summed E-state index contributed by atoms with van der Waals surface area (Å²) >= 11 is 5.98. The minimum absolute atomic E-state index is 0.204. The van der Waals surface area contributed by atoms with E-state index in [1.54, 1.807) is 18.2 Å². The van der Waals surface area contributed by atoms with Crippen LogP contribution in [-0.4, -0.2) is 33.7 Å². The molecule has 1 atom stereocenters. The fourth-order valence-corrected chi connectivity index (χ4v) is 2.77. The molecule has 1 aliphatic heterocycles. The molecule has 0 radical (unpaired) electrons. The van der Waals surface area contributed by atoms with Crippen molar-refractivity contribution < 1.29 is 22.7 Å². The minimum atomic E-state index is -4.58. The van der Waals surface area contributed by atoms with Gasteiger partial charge in [-0.1, -0.05) is 24.6 Å². The predicted molar refractivity (Wildman–Crippen MR) is 84.5 cm³/mol. The van der Waals surface area contributed by atoms with E-state index in [1.165, 1.54) is 4.90 Å². The SMILES string of the molecule is CCC1CN(C(=O)c2cc(C(F)(F)F)[nH]n2)Cc2ccc(Cl)cc2O1. The van der Waals surface area contributed by atoms with Crippen LogP contribution in [0.2, 0.25) is 5.02 Å². The number of ether oxygens (including phenoxy) is 1. The van der Waals surface area contributed by atoms with Crippen molar-refractivity contribution in [2.75, 3.05) is 6.54 Å². The average Bonchev–Trinajstić information content (AvgIpc) is 2.97. The number of alkyl halides is 3. The normalized spacial score (nSPS) is 17.6. The molecule has 1 aromatic heterocycles. The number of hydrogen-bond acceptors (Lipinski definition) is 3. The van der Waals surface area contributed by atoms with Crippen molar-refractivity contribution in [3.63, 3.8) is 0 Å². The molecule has 0 saturated heterocycles. The van der Waals surface area contributed by atoms with E-state index in [2.05, 4.69) is 5.10 Å². The maximum absolute atomic E-state index is 12.7. The summed E-state index contributed by atoms with van der Waals surface area (Å²) in [6.07, 6.45) is -4.24. The van der Waals surface area contributed by atoms with Gasteiger partial charge in [-0.15, -0.1) is 0 Å². The van der Waals surface area contributed by atoms with Gasteiger partial charge in [0.2, 0.25) is 0 Å². The highest BCUT2D eigenvalue weighted by molar-refractivity contribution is 6.30. The highest BCUT2D eigenvalue weighted by Crippen LogP contribution is 2.31. The van der Waals surface area contributed by atoms with Crippen molar-refractivity contribution in [2.45, 2.75) is 32.2 Å². The number of carbonyl (C=O) groups excluding carboxylic acids is 1. The van der Waals surface area contributed by atoms with Crippen LogP contribution in [0.15, 0.2) is 24.3 Å². The van der Waals surface area contributed by atoms with Crippen LogP contribution in [0.1, 0.15) is 35.1 Å². The number of carbonyl (C=O) groups is 1. The third-order valence-electron chi connectivity index (χ3n) is 3.95. The van der Waals surface area contributed by atoms with Gasteiger partial charge in [0.1, 0.15) is 17.5 Å². The molecule has 134 valence electrons. The van der Waals surface area contributed by atoms with Crippen molar-refractivity contribution >= 4 is 17.5 Å². The number of rotatable bonds is 2. The summed E-state index contributed by atoms with van der Waals surface area (Å²) in [5.41, 5.74) is -0.596. The molecular formula is C16H15ClF3N3O2. The highest BCUT2D eigenvalue weighted by atomic mass is 35.5. The van der Waals surface area contributed by atoms with Crippen molar-refractivity contribution in [1.29, 1.82) is 0 Å². The van der Waals surface area contributed by atoms with E-state index in [0.29, 0.717) is 17.2 Å². The van der Waals surface area contributed by atoms with Gasteiger partial charge in [-0.05, 0) is 18.6 Å². The van der Waals surface area contributed by atoms with E-state index in [4.69, 9.17) is 16.3 Å². The molecule has 9 heteroatoms. The van der Waals surface area contributed by atoms with Crippen LogP contribution in [0.3, 0.4) is 0 Å². The molecule has 0 fully saturated rings. The van der Waals surface area contributed by atoms with Gasteiger partial charge < -0.3 is 9.64 Å². The first-order chi connectivity index (χ1) is 11.8. The quantitative estimate of drug-likeness (QED) is 0.868. The van der Waals surface area contributed by atoms with Crippen LogP contribution in [0.5, 0.6) is 5.75 Å². The van der Waals surface area contributed by atoms with Crippen LogP contribution in [0.4, 0.5) is 13.2 Å². The van der Waals surface area contributed by atoms with Gasteiger partial charge in [-0.2, -0.15) is 18.3 Å². The lowest BCUT2D eigenvalue weighted by Crippen LogP contribution is -2.37. The summed E-state index contributed by atoms with van der Waals surface area (Å²) in [6.45, 7) is 2.35. The number of halogens is 4. The molecule has 1 unspecified atom stereocenters. The first-order valence-corrected chi connectivity index (χ1v) is 8.02. The molecule has 0 saturated carbocycles. The Morgan fingerprint density at radius 2 is 2.20 bits per heavy atom. The Hall–Kier alpha value is -2.22. The summed E-state index contributed by atoms with van der Waals surface area (Å²) in [5, 5.41) is 5.88. The lowest BCUT2D eigenvalue weighted by Gasteiger charge is -2.22. The number of benzene rings is 1. The second-order valence-electron chi connectivity index (χ2n) is 5.75. The standard InChI is InChI=1S/C16H15ClF3N3O2/c1-2-11-8-23(7-9-3-4-10(17)5-13(9)25-11)15(24)12-6-14(22-21-12)16(18,19)20/h3-6,11H,2,7-8H2,1H3,(H,21,22). The van der Waals surface area contributed by atoms with E-state index < -0.39 is 17.8 Å². The number of hydrogen-bond donors (Lipinski definition) is 1. The maximum atomic E-state index is 12.7. The zero-order chi connectivity index (χ0) is 18.2. The lowest BCUT2D eigenvalue weighted by molar-refractivity contribution is -0.141. The average molecular weight is 374 g/mol. The summed E-state index contributed by atoms with van der Waals surface area (Å²) < 4.78 is 44.0. The molecule has 3 rings (SSSR count). The Bertz CT molecular complexity index is 791. The van der Waals surface area contributed by atoms with E-state index in [-0.39, 0.29) is 24.9 Å². The van der Waals surface area contributed by atoms with Crippen molar-refractivity contribution in [2.24, 2.45) is 0 Å². The number of aromatic nitrogens is 2. The highest BCUT2D eigenvalue weighted by Gasteiger charge is 2.35. The van der Waals surface area contributed by atoms with E-state index in [0.717, 1.165) is 11.6 Å². The van der Waals surface area contributed by atoms with Crippen LogP contribution in [0.25, 0.3) is 0 Å². The Kier molecular flexibility index (Phi) is 4.64. The van der Waals surface area contributed by atoms with Gasteiger partial charge in [-0.3, -0.25) is 9.89 Å². The minimum Gasteiger partial charge on any atom is -0.488 e. The second-order valence-corrected chi connectivity index (χ2v) is 6.19. The molecule has 1 aliphatic rings. The van der Waals surface area contributed by atoms with Gasteiger partial charge in [0, 0.05) is 23.2 Å². The predicted octanol–water partition coefficient (Wildman–Crippen LogP) is 3.90. The Morgan fingerprint density at radius 3 is 2.84 bits per heavy atom. The number of nitrogens with one attached hydrogen (secondary N) is 1. The van der Waals surface area contributed by atoms with E-state index in [9.17, 15) is 18.0 Å². The third-order valence-corrected chi connectivity index (χ3v) is 4.19. The first kappa shape index (κ1) is 17.6. The largest absolute Gasteiger partial charge is 0.488 e. The van der Waals surface area contributed by atoms with Crippen molar-refractivity contribution in [3.05, 3.63) is 46.2 Å². The van der Waals surface area contributed by atoms with Crippen LogP contribution >= 0.6 is 11.6 Å². The molecule has 2 heterocycles. The van der Waals surface area contributed by atoms with Crippen molar-refractivity contribution in [1.82, 2.24) is 15.1 Å². The number of H-pyrrole nitrogens is 1.